The van der Waals surface area contributed by atoms with Crippen molar-refractivity contribution in [1.82, 2.24) is 4.90 Å². The highest BCUT2D eigenvalue weighted by Crippen LogP contribution is 2.32. The molecule has 166 valence electrons. The van der Waals surface area contributed by atoms with Crippen molar-refractivity contribution < 1.29 is 27.5 Å². The van der Waals surface area contributed by atoms with E-state index in [2.05, 4.69) is 0 Å². The van der Waals surface area contributed by atoms with E-state index in [4.69, 9.17) is 4.74 Å². The SMILES string of the molecule is CCC(C)Oc1c(C)cc(CN2C(=O)CN(c3ccc(C(F)(F)F)cc3)C2=O)cc1C. The van der Waals surface area contributed by atoms with Crippen LogP contribution in [0, 0.1) is 13.8 Å². The number of rotatable bonds is 6. The van der Waals surface area contributed by atoms with Crippen molar-refractivity contribution in [3.63, 3.8) is 0 Å². The van der Waals surface area contributed by atoms with Gasteiger partial charge in [0.1, 0.15) is 12.3 Å². The molecule has 1 saturated heterocycles. The van der Waals surface area contributed by atoms with E-state index in [0.717, 1.165) is 45.9 Å². The lowest BCUT2D eigenvalue weighted by atomic mass is 10.0. The van der Waals surface area contributed by atoms with Crippen molar-refractivity contribution in [2.75, 3.05) is 11.4 Å². The van der Waals surface area contributed by atoms with Crippen LogP contribution in [0.2, 0.25) is 0 Å². The Morgan fingerprint density at radius 1 is 1.06 bits per heavy atom. The molecule has 2 aromatic rings. The predicted octanol–water partition coefficient (Wildman–Crippen LogP) is 5.47. The Bertz CT molecular complexity index is 964. The number of hydrogen-bond acceptors (Lipinski definition) is 3. The molecule has 0 spiro atoms. The van der Waals surface area contributed by atoms with Crippen molar-refractivity contribution in [2.45, 2.75) is 52.9 Å². The molecule has 1 unspecified atom stereocenters. The normalized spacial score (nSPS) is 15.6. The summed E-state index contributed by atoms with van der Waals surface area (Å²) in [5, 5.41) is 0. The van der Waals surface area contributed by atoms with E-state index < -0.39 is 23.7 Å². The highest BCUT2D eigenvalue weighted by atomic mass is 19.4. The molecule has 3 rings (SSSR count). The van der Waals surface area contributed by atoms with Gasteiger partial charge < -0.3 is 4.74 Å². The third kappa shape index (κ3) is 4.84. The van der Waals surface area contributed by atoms with Gasteiger partial charge in [-0.1, -0.05) is 19.1 Å². The van der Waals surface area contributed by atoms with Gasteiger partial charge in [0.2, 0.25) is 0 Å². The molecule has 0 bridgehead atoms. The van der Waals surface area contributed by atoms with Crippen molar-refractivity contribution in [3.8, 4) is 5.75 Å². The number of alkyl halides is 3. The number of hydrogen-bond donors (Lipinski definition) is 0. The maximum atomic E-state index is 12.8. The lowest BCUT2D eigenvalue weighted by Gasteiger charge is -2.20. The number of ether oxygens (including phenoxy) is 1. The van der Waals surface area contributed by atoms with Gasteiger partial charge in [-0.15, -0.1) is 0 Å². The maximum Gasteiger partial charge on any atom is 0.416 e. The summed E-state index contributed by atoms with van der Waals surface area (Å²) < 4.78 is 44.3. The van der Waals surface area contributed by atoms with Crippen LogP contribution in [0.3, 0.4) is 0 Å². The molecule has 0 aliphatic carbocycles. The first-order valence-corrected chi connectivity index (χ1v) is 10.1. The lowest BCUT2D eigenvalue weighted by molar-refractivity contribution is -0.137. The van der Waals surface area contributed by atoms with E-state index in [1.807, 2.05) is 39.8 Å². The summed E-state index contributed by atoms with van der Waals surface area (Å²) in [4.78, 5) is 27.6. The zero-order valence-electron chi connectivity index (χ0n) is 17.9. The second-order valence-corrected chi connectivity index (χ2v) is 7.79. The predicted molar refractivity (Wildman–Crippen MR) is 111 cm³/mol. The van der Waals surface area contributed by atoms with Gasteiger partial charge in [0.15, 0.2) is 0 Å². The smallest absolute Gasteiger partial charge is 0.416 e. The minimum atomic E-state index is -4.46. The molecule has 2 aromatic carbocycles. The molecule has 1 aliphatic heterocycles. The van der Waals surface area contributed by atoms with E-state index in [1.165, 1.54) is 17.0 Å². The zero-order valence-corrected chi connectivity index (χ0v) is 17.9. The first-order chi connectivity index (χ1) is 14.5. The number of aryl methyl sites for hydroxylation is 2. The van der Waals surface area contributed by atoms with E-state index in [-0.39, 0.29) is 24.9 Å². The third-order valence-electron chi connectivity index (χ3n) is 5.32. The molecular formula is C23H25F3N2O3. The van der Waals surface area contributed by atoms with E-state index in [9.17, 15) is 22.8 Å². The van der Waals surface area contributed by atoms with Crippen LogP contribution in [0.25, 0.3) is 0 Å². The molecule has 0 saturated carbocycles. The minimum Gasteiger partial charge on any atom is -0.490 e. The Morgan fingerprint density at radius 2 is 1.65 bits per heavy atom. The van der Waals surface area contributed by atoms with E-state index in [0.29, 0.717) is 0 Å². The van der Waals surface area contributed by atoms with Gasteiger partial charge in [-0.25, -0.2) is 4.79 Å². The number of benzene rings is 2. The van der Waals surface area contributed by atoms with Crippen LogP contribution in [0.1, 0.15) is 42.5 Å². The molecule has 8 heteroatoms. The van der Waals surface area contributed by atoms with Gasteiger partial charge in [-0.3, -0.25) is 14.6 Å². The Balaban J connectivity index is 1.77. The van der Waals surface area contributed by atoms with Crippen molar-refractivity contribution >= 4 is 17.6 Å². The Labute approximate surface area is 179 Å². The number of carbonyl (C=O) groups excluding carboxylic acids is 2. The molecule has 1 aliphatic rings. The molecular weight excluding hydrogens is 409 g/mol. The summed E-state index contributed by atoms with van der Waals surface area (Å²) in [5.74, 6) is 0.392. The number of nitrogens with zero attached hydrogens (tertiary/aromatic N) is 2. The summed E-state index contributed by atoms with van der Waals surface area (Å²) >= 11 is 0. The molecule has 0 radical (unpaired) electrons. The van der Waals surface area contributed by atoms with Gasteiger partial charge in [-0.05, 0) is 68.1 Å². The van der Waals surface area contributed by atoms with Crippen LogP contribution in [0.15, 0.2) is 36.4 Å². The fraction of sp³-hybridized carbons (Fsp3) is 0.391. The second-order valence-electron chi connectivity index (χ2n) is 7.79. The number of urea groups is 1. The quantitative estimate of drug-likeness (QED) is 0.567. The molecule has 1 heterocycles. The minimum absolute atomic E-state index is 0.0716. The fourth-order valence-corrected chi connectivity index (χ4v) is 3.51. The summed E-state index contributed by atoms with van der Waals surface area (Å²) in [5.41, 5.74) is 2.04. The first-order valence-electron chi connectivity index (χ1n) is 10.1. The van der Waals surface area contributed by atoms with Gasteiger partial charge in [0.25, 0.3) is 5.91 Å². The van der Waals surface area contributed by atoms with Crippen molar-refractivity contribution in [2.24, 2.45) is 0 Å². The number of amides is 3. The topological polar surface area (TPSA) is 49.9 Å². The molecule has 0 aromatic heterocycles. The molecule has 0 N–H and O–H groups in total. The van der Waals surface area contributed by atoms with Gasteiger partial charge in [0, 0.05) is 5.69 Å². The van der Waals surface area contributed by atoms with Crippen LogP contribution in [-0.2, 0) is 17.5 Å². The van der Waals surface area contributed by atoms with Crippen LogP contribution >= 0.6 is 0 Å². The van der Waals surface area contributed by atoms with E-state index >= 15 is 0 Å². The Kier molecular flexibility index (Phi) is 6.29. The first kappa shape index (κ1) is 22.7. The van der Waals surface area contributed by atoms with Gasteiger partial charge in [0.05, 0.1) is 18.2 Å². The average molecular weight is 434 g/mol. The monoisotopic (exact) mass is 434 g/mol. The number of imide groups is 1. The Hall–Kier alpha value is -3.03. The molecule has 5 nitrogen and oxygen atoms in total. The summed E-state index contributed by atoms with van der Waals surface area (Å²) in [6.45, 7) is 7.73. The van der Waals surface area contributed by atoms with Crippen LogP contribution < -0.4 is 9.64 Å². The van der Waals surface area contributed by atoms with Crippen molar-refractivity contribution in [3.05, 3.63) is 58.7 Å². The van der Waals surface area contributed by atoms with Gasteiger partial charge in [-0.2, -0.15) is 13.2 Å². The highest BCUT2D eigenvalue weighted by molar-refractivity contribution is 6.12. The number of anilines is 1. The molecule has 1 fully saturated rings. The zero-order chi connectivity index (χ0) is 22.9. The highest BCUT2D eigenvalue weighted by Gasteiger charge is 2.37. The standard InChI is InChI=1S/C23H25F3N2O3/c1-5-16(4)31-21-14(2)10-17(11-15(21)3)12-28-20(29)13-27(22(28)30)19-8-6-18(7-9-19)23(24,25)26/h6-11,16H,5,12-13H2,1-4H3. The molecule has 31 heavy (non-hydrogen) atoms. The maximum absolute atomic E-state index is 12.8. The third-order valence-corrected chi connectivity index (χ3v) is 5.32. The Morgan fingerprint density at radius 3 is 2.16 bits per heavy atom. The van der Waals surface area contributed by atoms with Gasteiger partial charge >= 0.3 is 12.2 Å². The van der Waals surface area contributed by atoms with Crippen LogP contribution in [0.5, 0.6) is 5.75 Å². The summed E-state index contributed by atoms with van der Waals surface area (Å²) in [6, 6.07) is 7.41. The van der Waals surface area contributed by atoms with Crippen LogP contribution in [0.4, 0.5) is 23.7 Å². The molecule has 3 amide bonds. The van der Waals surface area contributed by atoms with Crippen LogP contribution in [-0.4, -0.2) is 29.5 Å². The average Bonchev–Trinajstić information content (AvgIpc) is 2.98. The largest absolute Gasteiger partial charge is 0.490 e. The lowest BCUT2D eigenvalue weighted by Crippen LogP contribution is -2.32. The number of halogens is 3. The molecule has 1 atom stereocenters. The summed E-state index contributed by atoms with van der Waals surface area (Å²) in [6.07, 6.45) is -3.52. The summed E-state index contributed by atoms with van der Waals surface area (Å²) in [7, 11) is 0. The van der Waals surface area contributed by atoms with E-state index in [1.54, 1.807) is 0 Å². The number of carbonyl (C=O) groups is 2. The second kappa shape index (κ2) is 8.61. The fourth-order valence-electron chi connectivity index (χ4n) is 3.51. The van der Waals surface area contributed by atoms with Crippen molar-refractivity contribution in [1.29, 1.82) is 0 Å².